The highest BCUT2D eigenvalue weighted by molar-refractivity contribution is 7.22. The van der Waals surface area contributed by atoms with E-state index < -0.39 is 5.82 Å². The molecule has 2 heterocycles. The molecule has 0 saturated carbocycles. The van der Waals surface area contributed by atoms with Gasteiger partial charge in [0.15, 0.2) is 5.13 Å². The fourth-order valence-corrected chi connectivity index (χ4v) is 5.07. The van der Waals surface area contributed by atoms with E-state index in [9.17, 15) is 9.18 Å². The van der Waals surface area contributed by atoms with Crippen LogP contribution >= 0.6 is 45.9 Å². The van der Waals surface area contributed by atoms with Crippen LogP contribution in [0.3, 0.4) is 0 Å². The maximum absolute atomic E-state index is 14.1. The van der Waals surface area contributed by atoms with Gasteiger partial charge in [0.1, 0.15) is 15.7 Å². The number of fused-ring (bicyclic) bond motifs is 1. The smallest absolute Gasteiger partial charge is 0.262 e. The SMILES string of the molecule is O=C(c1cc(Cl)sc1Cl)N(Cc1ccccc1)c1nc2c(F)cccc2s1. The van der Waals surface area contributed by atoms with Crippen LogP contribution in [-0.2, 0) is 6.54 Å². The second kappa shape index (κ2) is 7.56. The summed E-state index contributed by atoms with van der Waals surface area (Å²) >= 11 is 14.6. The molecule has 0 spiro atoms. The average Bonchev–Trinajstić information content (AvgIpc) is 3.23. The minimum Gasteiger partial charge on any atom is -0.279 e. The first kappa shape index (κ1) is 18.4. The maximum Gasteiger partial charge on any atom is 0.262 e. The molecule has 0 N–H and O–H groups in total. The monoisotopic (exact) mass is 436 g/mol. The van der Waals surface area contributed by atoms with E-state index in [-0.39, 0.29) is 18.0 Å². The Bertz CT molecular complexity index is 1130. The zero-order valence-corrected chi connectivity index (χ0v) is 16.8. The van der Waals surface area contributed by atoms with Crippen molar-refractivity contribution in [2.24, 2.45) is 0 Å². The number of thiazole rings is 1. The zero-order chi connectivity index (χ0) is 19.0. The fraction of sp³-hybridized carbons (Fsp3) is 0.0526. The summed E-state index contributed by atoms with van der Waals surface area (Å²) in [6.45, 7) is 0.283. The Balaban J connectivity index is 1.80. The predicted octanol–water partition coefficient (Wildman–Crippen LogP) is 6.65. The highest BCUT2D eigenvalue weighted by Gasteiger charge is 2.25. The third kappa shape index (κ3) is 3.71. The second-order valence-corrected chi connectivity index (χ2v) is 8.99. The molecule has 3 nitrogen and oxygen atoms in total. The van der Waals surface area contributed by atoms with Crippen LogP contribution in [0.25, 0.3) is 10.2 Å². The summed E-state index contributed by atoms with van der Waals surface area (Å²) in [6.07, 6.45) is 0. The largest absolute Gasteiger partial charge is 0.279 e. The van der Waals surface area contributed by atoms with E-state index in [1.54, 1.807) is 18.2 Å². The van der Waals surface area contributed by atoms with E-state index in [1.807, 2.05) is 30.3 Å². The van der Waals surface area contributed by atoms with Crippen LogP contribution in [0.4, 0.5) is 9.52 Å². The molecule has 0 saturated heterocycles. The topological polar surface area (TPSA) is 33.2 Å². The number of rotatable bonds is 4. The molecule has 4 rings (SSSR count). The summed E-state index contributed by atoms with van der Waals surface area (Å²) in [6, 6.07) is 15.8. The fourth-order valence-electron chi connectivity index (χ4n) is 2.64. The van der Waals surface area contributed by atoms with Gasteiger partial charge in [0.25, 0.3) is 5.91 Å². The van der Waals surface area contributed by atoms with Crippen molar-refractivity contribution >= 4 is 67.1 Å². The lowest BCUT2D eigenvalue weighted by atomic mass is 10.2. The van der Waals surface area contributed by atoms with Crippen molar-refractivity contribution in [3.05, 3.63) is 80.2 Å². The summed E-state index contributed by atoms with van der Waals surface area (Å²) in [7, 11) is 0. The van der Waals surface area contributed by atoms with Crippen molar-refractivity contribution in [1.29, 1.82) is 0 Å². The Morgan fingerprint density at radius 1 is 1.07 bits per heavy atom. The van der Waals surface area contributed by atoms with Crippen molar-refractivity contribution in [3.63, 3.8) is 0 Å². The Labute approximate surface area is 172 Å². The lowest BCUT2D eigenvalue weighted by Gasteiger charge is -2.19. The third-order valence-electron chi connectivity index (χ3n) is 3.91. The average molecular weight is 437 g/mol. The lowest BCUT2D eigenvalue weighted by Crippen LogP contribution is -2.30. The van der Waals surface area contributed by atoms with Crippen LogP contribution < -0.4 is 4.90 Å². The van der Waals surface area contributed by atoms with Crippen molar-refractivity contribution in [3.8, 4) is 0 Å². The zero-order valence-electron chi connectivity index (χ0n) is 13.7. The number of para-hydroxylation sites is 1. The normalized spacial score (nSPS) is 11.1. The number of hydrogen-bond donors (Lipinski definition) is 0. The van der Waals surface area contributed by atoms with Crippen molar-refractivity contribution in [2.45, 2.75) is 6.54 Å². The van der Waals surface area contributed by atoms with Crippen LogP contribution in [-0.4, -0.2) is 10.9 Å². The third-order valence-corrected chi connectivity index (χ3v) is 6.44. The molecule has 0 aliphatic rings. The summed E-state index contributed by atoms with van der Waals surface area (Å²) in [5.41, 5.74) is 1.48. The summed E-state index contributed by atoms with van der Waals surface area (Å²) < 4.78 is 15.5. The molecule has 27 heavy (non-hydrogen) atoms. The van der Waals surface area contributed by atoms with Gasteiger partial charge in [-0.25, -0.2) is 9.37 Å². The molecule has 1 amide bonds. The molecule has 0 aliphatic carbocycles. The van der Waals surface area contributed by atoms with Gasteiger partial charge in [-0.2, -0.15) is 0 Å². The van der Waals surface area contributed by atoms with Gasteiger partial charge < -0.3 is 0 Å². The van der Waals surface area contributed by atoms with Gasteiger partial charge in [0.05, 0.1) is 21.1 Å². The van der Waals surface area contributed by atoms with E-state index in [1.165, 1.54) is 22.3 Å². The van der Waals surface area contributed by atoms with Crippen molar-refractivity contribution < 1.29 is 9.18 Å². The number of benzene rings is 2. The molecule has 136 valence electrons. The van der Waals surface area contributed by atoms with E-state index >= 15 is 0 Å². The van der Waals surface area contributed by atoms with Crippen molar-refractivity contribution in [2.75, 3.05) is 4.90 Å². The lowest BCUT2D eigenvalue weighted by molar-refractivity contribution is 0.0985. The summed E-state index contributed by atoms with van der Waals surface area (Å²) in [5, 5.41) is 0.405. The number of amides is 1. The minimum absolute atomic E-state index is 0.248. The molecular formula is C19H11Cl2FN2OS2. The van der Waals surface area contributed by atoms with Gasteiger partial charge >= 0.3 is 0 Å². The summed E-state index contributed by atoms with van der Waals surface area (Å²) in [5.74, 6) is -0.745. The number of carbonyl (C=O) groups is 1. The highest BCUT2D eigenvalue weighted by atomic mass is 35.5. The van der Waals surface area contributed by atoms with E-state index in [0.29, 0.717) is 24.1 Å². The molecule has 0 fully saturated rings. The first-order valence-electron chi connectivity index (χ1n) is 7.88. The van der Waals surface area contributed by atoms with Gasteiger partial charge in [0, 0.05) is 0 Å². The molecule has 8 heteroatoms. The van der Waals surface area contributed by atoms with Crippen LogP contribution in [0.15, 0.2) is 54.6 Å². The standard InChI is InChI=1S/C19H11Cl2FN2OS2/c20-15-9-12(17(21)27-15)18(25)24(10-11-5-2-1-3-6-11)19-23-16-13(22)7-4-8-14(16)26-19/h1-9H,10H2. The molecule has 4 aromatic rings. The van der Waals surface area contributed by atoms with E-state index in [2.05, 4.69) is 4.98 Å². The highest BCUT2D eigenvalue weighted by Crippen LogP contribution is 2.36. The molecular weight excluding hydrogens is 426 g/mol. The van der Waals surface area contributed by atoms with E-state index in [0.717, 1.165) is 16.9 Å². The Kier molecular flexibility index (Phi) is 5.14. The first-order valence-corrected chi connectivity index (χ1v) is 10.3. The number of aromatic nitrogens is 1. The number of hydrogen-bond acceptors (Lipinski definition) is 4. The van der Waals surface area contributed by atoms with Gasteiger partial charge in [-0.1, -0.05) is 70.9 Å². The molecule has 0 atom stereocenters. The van der Waals surface area contributed by atoms with Crippen LogP contribution in [0.5, 0.6) is 0 Å². The number of anilines is 1. The predicted molar refractivity (Wildman–Crippen MR) is 111 cm³/mol. The first-order chi connectivity index (χ1) is 13.0. The van der Waals surface area contributed by atoms with Crippen LogP contribution in [0.2, 0.25) is 8.67 Å². The van der Waals surface area contributed by atoms with Crippen LogP contribution in [0.1, 0.15) is 15.9 Å². The molecule has 2 aromatic heterocycles. The molecule has 0 aliphatic heterocycles. The Morgan fingerprint density at radius 3 is 2.52 bits per heavy atom. The Morgan fingerprint density at radius 2 is 1.85 bits per heavy atom. The maximum atomic E-state index is 14.1. The number of nitrogens with zero attached hydrogens (tertiary/aromatic N) is 2. The molecule has 2 aromatic carbocycles. The van der Waals surface area contributed by atoms with Crippen molar-refractivity contribution in [1.82, 2.24) is 4.98 Å². The van der Waals surface area contributed by atoms with Gasteiger partial charge in [-0.05, 0) is 23.8 Å². The molecule has 0 unspecified atom stereocenters. The van der Waals surface area contributed by atoms with E-state index in [4.69, 9.17) is 23.2 Å². The minimum atomic E-state index is -0.418. The summed E-state index contributed by atoms with van der Waals surface area (Å²) in [4.78, 5) is 19.1. The quantitative estimate of drug-likeness (QED) is 0.358. The number of thiophene rings is 1. The van der Waals surface area contributed by atoms with Gasteiger partial charge in [-0.3, -0.25) is 9.69 Å². The number of halogens is 3. The van der Waals surface area contributed by atoms with Gasteiger partial charge in [0.2, 0.25) is 0 Å². The van der Waals surface area contributed by atoms with Crippen LogP contribution in [0, 0.1) is 5.82 Å². The second-order valence-electron chi connectivity index (χ2n) is 5.70. The number of carbonyl (C=O) groups excluding carboxylic acids is 1. The Hall–Kier alpha value is -1.99. The van der Waals surface area contributed by atoms with Gasteiger partial charge in [-0.15, -0.1) is 11.3 Å². The molecule has 0 radical (unpaired) electrons. The molecule has 0 bridgehead atoms.